The molecule has 2 rings (SSSR count). The molecule has 0 spiro atoms. The van der Waals surface area contributed by atoms with Crippen LogP contribution in [0.15, 0.2) is 24.3 Å². The second kappa shape index (κ2) is 6.44. The number of nitrogens with one attached hydrogen (secondary N) is 1. The second-order valence-corrected chi connectivity index (χ2v) is 5.15. The summed E-state index contributed by atoms with van der Waals surface area (Å²) in [6.45, 7) is 5.01. The van der Waals surface area contributed by atoms with E-state index in [2.05, 4.69) is 29.3 Å². The van der Waals surface area contributed by atoms with Gasteiger partial charge in [0.05, 0.1) is 25.3 Å². The molecular weight excluding hydrogens is 238 g/mol. The molecule has 1 aromatic carbocycles. The fraction of sp³-hybridized carbons (Fsp3) is 0.533. The average Bonchev–Trinajstić information content (AvgIpc) is 2.61. The summed E-state index contributed by atoms with van der Waals surface area (Å²) in [6.07, 6.45) is 0.540. The molecule has 102 valence electrons. The average molecular weight is 259 g/mol. The van der Waals surface area contributed by atoms with Crippen LogP contribution in [0.4, 0.5) is 5.69 Å². The number of hydrogen-bond acceptors (Lipinski definition) is 4. The van der Waals surface area contributed by atoms with Gasteiger partial charge in [-0.3, -0.25) is 0 Å². The van der Waals surface area contributed by atoms with E-state index in [1.807, 2.05) is 18.2 Å². The summed E-state index contributed by atoms with van der Waals surface area (Å²) in [7, 11) is 1.70. The molecule has 1 aliphatic rings. The molecular formula is C15H21N3O. The Hall–Kier alpha value is -1.73. The molecule has 0 radical (unpaired) electrons. The van der Waals surface area contributed by atoms with E-state index in [0.29, 0.717) is 12.3 Å². The smallest absolute Gasteiger partial charge is 0.142 e. The van der Waals surface area contributed by atoms with Crippen LogP contribution in [0.5, 0.6) is 5.75 Å². The first-order chi connectivity index (χ1) is 9.24. The number of ether oxygens (including phenoxy) is 1. The highest BCUT2D eigenvalue weighted by Gasteiger charge is 2.23. The topological polar surface area (TPSA) is 48.3 Å². The number of para-hydroxylation sites is 2. The standard InChI is InChI=1S/C15H21N3O/c1-12-9-17-13(7-8-16)11-18(10-12)14-5-3-4-6-15(14)19-2/h3-6,12-13,17H,7,9-11H2,1-2H3. The van der Waals surface area contributed by atoms with Crippen LogP contribution < -0.4 is 15.0 Å². The van der Waals surface area contributed by atoms with Gasteiger partial charge in [0.15, 0.2) is 0 Å². The van der Waals surface area contributed by atoms with Gasteiger partial charge in [-0.25, -0.2) is 0 Å². The molecule has 0 aliphatic carbocycles. The van der Waals surface area contributed by atoms with Crippen LogP contribution in [-0.4, -0.2) is 32.8 Å². The zero-order chi connectivity index (χ0) is 13.7. The molecule has 0 bridgehead atoms. The van der Waals surface area contributed by atoms with Crippen LogP contribution in [0.2, 0.25) is 0 Å². The van der Waals surface area contributed by atoms with Crippen molar-refractivity contribution in [3.05, 3.63) is 24.3 Å². The molecule has 0 aromatic heterocycles. The Morgan fingerprint density at radius 3 is 2.95 bits per heavy atom. The van der Waals surface area contributed by atoms with Crippen molar-refractivity contribution in [1.29, 1.82) is 5.26 Å². The summed E-state index contributed by atoms with van der Waals surface area (Å²) in [4.78, 5) is 2.32. The minimum absolute atomic E-state index is 0.222. The minimum atomic E-state index is 0.222. The van der Waals surface area contributed by atoms with E-state index in [9.17, 15) is 0 Å². The monoisotopic (exact) mass is 259 g/mol. The first kappa shape index (κ1) is 13.7. The van der Waals surface area contributed by atoms with Gasteiger partial charge in [0, 0.05) is 19.1 Å². The normalized spacial score (nSPS) is 23.5. The molecule has 19 heavy (non-hydrogen) atoms. The van der Waals surface area contributed by atoms with Crippen molar-refractivity contribution in [3.63, 3.8) is 0 Å². The van der Waals surface area contributed by atoms with Gasteiger partial charge in [0.1, 0.15) is 5.75 Å². The Bertz CT molecular complexity index is 455. The quantitative estimate of drug-likeness (QED) is 0.902. The third-order valence-corrected chi connectivity index (χ3v) is 3.49. The summed E-state index contributed by atoms with van der Waals surface area (Å²) in [6, 6.07) is 10.6. The SMILES string of the molecule is COc1ccccc1N1CC(C)CNC(CC#N)C1. The Labute approximate surface area is 115 Å². The number of rotatable bonds is 3. The van der Waals surface area contributed by atoms with Gasteiger partial charge in [0.25, 0.3) is 0 Å². The van der Waals surface area contributed by atoms with Crippen molar-refractivity contribution in [2.75, 3.05) is 31.6 Å². The molecule has 1 aliphatic heterocycles. The number of nitriles is 1. The van der Waals surface area contributed by atoms with E-state index in [1.54, 1.807) is 7.11 Å². The summed E-state index contributed by atoms with van der Waals surface area (Å²) in [5.41, 5.74) is 1.11. The van der Waals surface area contributed by atoms with Gasteiger partial charge >= 0.3 is 0 Å². The fourth-order valence-electron chi connectivity index (χ4n) is 2.55. The Balaban J connectivity index is 2.22. The Morgan fingerprint density at radius 2 is 2.21 bits per heavy atom. The zero-order valence-corrected chi connectivity index (χ0v) is 11.6. The summed E-state index contributed by atoms with van der Waals surface area (Å²) < 4.78 is 5.44. The van der Waals surface area contributed by atoms with E-state index in [-0.39, 0.29) is 6.04 Å². The molecule has 2 atom stereocenters. The predicted octanol–water partition coefficient (Wildman–Crippen LogP) is 2.02. The molecule has 1 aromatic rings. The number of anilines is 1. The van der Waals surface area contributed by atoms with Gasteiger partial charge < -0.3 is 15.0 Å². The molecule has 1 fully saturated rings. The predicted molar refractivity (Wildman–Crippen MR) is 76.4 cm³/mol. The lowest BCUT2D eigenvalue weighted by Crippen LogP contribution is -2.37. The van der Waals surface area contributed by atoms with Crippen LogP contribution in [-0.2, 0) is 0 Å². The molecule has 2 unspecified atom stereocenters. The molecule has 0 saturated carbocycles. The first-order valence-corrected chi connectivity index (χ1v) is 6.73. The highest BCUT2D eigenvalue weighted by atomic mass is 16.5. The van der Waals surface area contributed by atoms with E-state index in [1.165, 1.54) is 0 Å². The number of benzene rings is 1. The maximum atomic E-state index is 8.90. The van der Waals surface area contributed by atoms with Crippen molar-refractivity contribution < 1.29 is 4.74 Å². The largest absolute Gasteiger partial charge is 0.495 e. The van der Waals surface area contributed by atoms with Gasteiger partial charge in [-0.15, -0.1) is 0 Å². The molecule has 1 N–H and O–H groups in total. The first-order valence-electron chi connectivity index (χ1n) is 6.73. The van der Waals surface area contributed by atoms with Crippen LogP contribution in [0.3, 0.4) is 0 Å². The van der Waals surface area contributed by atoms with Gasteiger partial charge in [-0.05, 0) is 24.6 Å². The lowest BCUT2D eigenvalue weighted by molar-refractivity contribution is 0.413. The Morgan fingerprint density at radius 1 is 1.42 bits per heavy atom. The summed E-state index contributed by atoms with van der Waals surface area (Å²) in [5, 5.41) is 12.4. The lowest BCUT2D eigenvalue weighted by Gasteiger charge is -2.28. The molecule has 1 heterocycles. The number of hydrogen-bond donors (Lipinski definition) is 1. The molecule has 4 heteroatoms. The highest BCUT2D eigenvalue weighted by molar-refractivity contribution is 5.58. The van der Waals surface area contributed by atoms with Gasteiger partial charge in [0.2, 0.25) is 0 Å². The van der Waals surface area contributed by atoms with Crippen molar-refractivity contribution in [1.82, 2.24) is 5.32 Å². The number of methoxy groups -OCH3 is 1. The van der Waals surface area contributed by atoms with Crippen LogP contribution in [0.1, 0.15) is 13.3 Å². The maximum absolute atomic E-state index is 8.90. The van der Waals surface area contributed by atoms with Crippen molar-refractivity contribution >= 4 is 5.69 Å². The van der Waals surface area contributed by atoms with Gasteiger partial charge in [-0.2, -0.15) is 5.26 Å². The molecule has 4 nitrogen and oxygen atoms in total. The van der Waals surface area contributed by atoms with Crippen molar-refractivity contribution in [3.8, 4) is 11.8 Å². The van der Waals surface area contributed by atoms with E-state index in [4.69, 9.17) is 10.00 Å². The van der Waals surface area contributed by atoms with Crippen molar-refractivity contribution in [2.45, 2.75) is 19.4 Å². The van der Waals surface area contributed by atoms with Gasteiger partial charge in [-0.1, -0.05) is 19.1 Å². The third-order valence-electron chi connectivity index (χ3n) is 3.49. The van der Waals surface area contributed by atoms with E-state index in [0.717, 1.165) is 31.1 Å². The number of nitrogens with zero attached hydrogens (tertiary/aromatic N) is 2. The molecule has 0 amide bonds. The van der Waals surface area contributed by atoms with Crippen LogP contribution in [0.25, 0.3) is 0 Å². The Kier molecular flexibility index (Phi) is 4.64. The summed E-state index contributed by atoms with van der Waals surface area (Å²) in [5.74, 6) is 1.45. The highest BCUT2D eigenvalue weighted by Crippen LogP contribution is 2.29. The maximum Gasteiger partial charge on any atom is 0.142 e. The fourth-order valence-corrected chi connectivity index (χ4v) is 2.55. The van der Waals surface area contributed by atoms with Crippen molar-refractivity contribution in [2.24, 2.45) is 5.92 Å². The lowest BCUT2D eigenvalue weighted by atomic mass is 10.1. The minimum Gasteiger partial charge on any atom is -0.495 e. The van der Waals surface area contributed by atoms with E-state index < -0.39 is 0 Å². The third kappa shape index (κ3) is 3.39. The van der Waals surface area contributed by atoms with Crippen LogP contribution >= 0.6 is 0 Å². The molecule has 1 saturated heterocycles. The van der Waals surface area contributed by atoms with Crippen LogP contribution in [0, 0.1) is 17.2 Å². The summed E-state index contributed by atoms with van der Waals surface area (Å²) >= 11 is 0. The van der Waals surface area contributed by atoms with E-state index >= 15 is 0 Å². The second-order valence-electron chi connectivity index (χ2n) is 5.15. The zero-order valence-electron chi connectivity index (χ0n) is 11.6.